The van der Waals surface area contributed by atoms with Gasteiger partial charge in [0, 0.05) is 38.5 Å². The van der Waals surface area contributed by atoms with Gasteiger partial charge < -0.3 is 5.32 Å². The van der Waals surface area contributed by atoms with Crippen molar-refractivity contribution in [2.24, 2.45) is 0 Å². The summed E-state index contributed by atoms with van der Waals surface area (Å²) in [5, 5.41) is 2.91. The fourth-order valence-electron chi connectivity index (χ4n) is 2.14. The van der Waals surface area contributed by atoms with Gasteiger partial charge in [-0.05, 0) is 20.3 Å². The Kier molecular flexibility index (Phi) is 4.27. The Morgan fingerprint density at radius 1 is 1.47 bits per heavy atom. The molecule has 0 aromatic carbocycles. The molecule has 86 valence electrons. The van der Waals surface area contributed by atoms with Crippen molar-refractivity contribution in [3.05, 3.63) is 0 Å². The molecule has 4 heteroatoms. The number of nitrogens with one attached hydrogen (secondary N) is 1. The van der Waals surface area contributed by atoms with E-state index in [0.717, 1.165) is 19.5 Å². The van der Waals surface area contributed by atoms with Crippen molar-refractivity contribution < 1.29 is 9.59 Å². The van der Waals surface area contributed by atoms with Crippen LogP contribution in [0.4, 0.5) is 0 Å². The molecule has 4 nitrogen and oxygen atoms in total. The lowest BCUT2D eigenvalue weighted by Gasteiger charge is -2.23. The van der Waals surface area contributed by atoms with Crippen LogP contribution in [0.3, 0.4) is 0 Å². The average molecular weight is 212 g/mol. The highest BCUT2D eigenvalue weighted by Gasteiger charge is 2.26. The molecule has 0 aromatic heterocycles. The molecule has 0 spiro atoms. The van der Waals surface area contributed by atoms with Gasteiger partial charge in [0.2, 0.25) is 5.91 Å². The summed E-state index contributed by atoms with van der Waals surface area (Å²) >= 11 is 0. The van der Waals surface area contributed by atoms with Crippen LogP contribution in [0.5, 0.6) is 0 Å². The molecule has 0 radical (unpaired) electrons. The standard InChI is InChI=1S/C11H20N2O2/c1-8(6-9(2)14)13-5-4-11(7-13)12-10(3)15/h8,11H,4-7H2,1-3H3,(H,12,15). The first-order valence-electron chi connectivity index (χ1n) is 5.49. The van der Waals surface area contributed by atoms with Crippen LogP contribution in [-0.2, 0) is 9.59 Å². The minimum absolute atomic E-state index is 0.0288. The number of rotatable bonds is 4. The van der Waals surface area contributed by atoms with Gasteiger partial charge in [-0.1, -0.05) is 0 Å². The van der Waals surface area contributed by atoms with Crippen LogP contribution in [0.2, 0.25) is 0 Å². The molecule has 1 fully saturated rings. The molecule has 1 heterocycles. The second kappa shape index (κ2) is 5.26. The van der Waals surface area contributed by atoms with Crippen LogP contribution in [0.1, 0.15) is 33.6 Å². The molecule has 0 saturated carbocycles. The average Bonchev–Trinajstić information content (AvgIpc) is 2.50. The van der Waals surface area contributed by atoms with E-state index in [4.69, 9.17) is 0 Å². The fourth-order valence-corrected chi connectivity index (χ4v) is 2.14. The third-order valence-electron chi connectivity index (χ3n) is 2.83. The van der Waals surface area contributed by atoms with Gasteiger partial charge in [0.05, 0.1) is 0 Å². The number of ketones is 1. The fraction of sp³-hybridized carbons (Fsp3) is 0.818. The van der Waals surface area contributed by atoms with E-state index >= 15 is 0 Å². The number of likely N-dealkylation sites (tertiary alicyclic amines) is 1. The largest absolute Gasteiger partial charge is 0.352 e. The third-order valence-corrected chi connectivity index (χ3v) is 2.83. The molecule has 1 saturated heterocycles. The minimum Gasteiger partial charge on any atom is -0.352 e. The van der Waals surface area contributed by atoms with E-state index in [-0.39, 0.29) is 17.7 Å². The monoisotopic (exact) mass is 212 g/mol. The van der Waals surface area contributed by atoms with Crippen molar-refractivity contribution in [2.45, 2.75) is 45.7 Å². The molecule has 1 N–H and O–H groups in total. The van der Waals surface area contributed by atoms with E-state index in [1.165, 1.54) is 0 Å². The Bertz CT molecular complexity index is 253. The van der Waals surface area contributed by atoms with Crippen LogP contribution in [0.25, 0.3) is 0 Å². The van der Waals surface area contributed by atoms with Crippen molar-refractivity contribution >= 4 is 11.7 Å². The lowest BCUT2D eigenvalue weighted by atomic mass is 10.1. The van der Waals surface area contributed by atoms with Crippen LogP contribution in [0, 0.1) is 0 Å². The first-order chi connectivity index (χ1) is 6.99. The Labute approximate surface area is 91.0 Å². The summed E-state index contributed by atoms with van der Waals surface area (Å²) in [6.07, 6.45) is 1.59. The Morgan fingerprint density at radius 3 is 2.67 bits per heavy atom. The molecule has 1 rings (SSSR count). The van der Waals surface area contributed by atoms with Crippen LogP contribution >= 0.6 is 0 Å². The predicted octanol–water partition coefficient (Wildman–Crippen LogP) is 0.564. The van der Waals surface area contributed by atoms with E-state index in [0.29, 0.717) is 12.5 Å². The summed E-state index contributed by atoms with van der Waals surface area (Å²) in [5.74, 6) is 0.256. The van der Waals surface area contributed by atoms with Crippen LogP contribution in [-0.4, -0.2) is 41.8 Å². The van der Waals surface area contributed by atoms with Gasteiger partial charge in [0.15, 0.2) is 0 Å². The molecule has 2 atom stereocenters. The quantitative estimate of drug-likeness (QED) is 0.741. The highest BCUT2D eigenvalue weighted by Crippen LogP contribution is 2.14. The number of hydrogen-bond acceptors (Lipinski definition) is 3. The molecule has 0 aromatic rings. The summed E-state index contributed by atoms with van der Waals surface area (Å²) < 4.78 is 0. The third kappa shape index (κ3) is 4.00. The van der Waals surface area contributed by atoms with Gasteiger partial charge in [-0.25, -0.2) is 0 Å². The predicted molar refractivity (Wildman–Crippen MR) is 58.6 cm³/mol. The van der Waals surface area contributed by atoms with Gasteiger partial charge in [0.25, 0.3) is 0 Å². The topological polar surface area (TPSA) is 49.4 Å². The number of carbonyl (C=O) groups excluding carboxylic acids is 2. The van der Waals surface area contributed by atoms with Gasteiger partial charge in [-0.2, -0.15) is 0 Å². The maximum absolute atomic E-state index is 11.0. The summed E-state index contributed by atoms with van der Waals surface area (Å²) in [6.45, 7) is 7.07. The van der Waals surface area contributed by atoms with Gasteiger partial charge >= 0.3 is 0 Å². The number of Topliss-reactive ketones (excluding diaryl/α,β-unsaturated/α-hetero) is 1. The molecular weight excluding hydrogens is 192 g/mol. The second-order valence-corrected chi connectivity index (χ2v) is 4.44. The van der Waals surface area contributed by atoms with Crippen molar-refractivity contribution in [1.29, 1.82) is 0 Å². The first kappa shape index (κ1) is 12.2. The van der Waals surface area contributed by atoms with Gasteiger partial charge in [0.1, 0.15) is 5.78 Å². The van der Waals surface area contributed by atoms with Crippen molar-refractivity contribution in [3.63, 3.8) is 0 Å². The molecule has 1 amide bonds. The highest BCUT2D eigenvalue weighted by atomic mass is 16.1. The maximum Gasteiger partial charge on any atom is 0.217 e. The SMILES string of the molecule is CC(=O)CC(C)N1CCC(NC(C)=O)C1. The normalized spacial score (nSPS) is 23.8. The summed E-state index contributed by atoms with van der Waals surface area (Å²) in [4.78, 5) is 24.1. The summed E-state index contributed by atoms with van der Waals surface area (Å²) in [5.41, 5.74) is 0. The number of carbonyl (C=O) groups is 2. The number of nitrogens with zero attached hydrogens (tertiary/aromatic N) is 1. The van der Waals surface area contributed by atoms with Crippen molar-refractivity contribution in [3.8, 4) is 0 Å². The zero-order chi connectivity index (χ0) is 11.4. The number of amides is 1. The lowest BCUT2D eigenvalue weighted by Crippen LogP contribution is -2.38. The molecule has 1 aliphatic rings. The van der Waals surface area contributed by atoms with E-state index in [9.17, 15) is 9.59 Å². The smallest absolute Gasteiger partial charge is 0.217 e. The van der Waals surface area contributed by atoms with Crippen LogP contribution < -0.4 is 5.32 Å². The van der Waals surface area contributed by atoms with Crippen LogP contribution in [0.15, 0.2) is 0 Å². The van der Waals surface area contributed by atoms with E-state index in [1.807, 2.05) is 0 Å². The Morgan fingerprint density at radius 2 is 2.13 bits per heavy atom. The minimum atomic E-state index is 0.0288. The molecule has 2 unspecified atom stereocenters. The lowest BCUT2D eigenvalue weighted by molar-refractivity contribution is -0.120. The molecule has 1 aliphatic heterocycles. The Balaban J connectivity index is 2.35. The molecule has 0 aliphatic carbocycles. The van der Waals surface area contributed by atoms with E-state index < -0.39 is 0 Å². The van der Waals surface area contributed by atoms with Gasteiger partial charge in [-0.15, -0.1) is 0 Å². The van der Waals surface area contributed by atoms with Crippen molar-refractivity contribution in [1.82, 2.24) is 10.2 Å². The summed E-state index contributed by atoms with van der Waals surface area (Å²) in [6, 6.07) is 0.554. The molecule has 15 heavy (non-hydrogen) atoms. The summed E-state index contributed by atoms with van der Waals surface area (Å²) in [7, 11) is 0. The zero-order valence-electron chi connectivity index (χ0n) is 9.75. The zero-order valence-corrected chi connectivity index (χ0v) is 9.75. The first-order valence-corrected chi connectivity index (χ1v) is 5.49. The van der Waals surface area contributed by atoms with E-state index in [2.05, 4.69) is 17.1 Å². The van der Waals surface area contributed by atoms with Crippen molar-refractivity contribution in [2.75, 3.05) is 13.1 Å². The number of hydrogen-bond donors (Lipinski definition) is 1. The Hall–Kier alpha value is -0.900. The highest BCUT2D eigenvalue weighted by molar-refractivity contribution is 5.76. The van der Waals surface area contributed by atoms with Gasteiger partial charge in [-0.3, -0.25) is 14.5 Å². The van der Waals surface area contributed by atoms with E-state index in [1.54, 1.807) is 13.8 Å². The maximum atomic E-state index is 11.0. The molecular formula is C11H20N2O2. The second-order valence-electron chi connectivity index (χ2n) is 4.44. The molecule has 0 bridgehead atoms.